The van der Waals surface area contributed by atoms with Gasteiger partial charge in [-0.05, 0) is 54.1 Å². The highest BCUT2D eigenvalue weighted by atomic mass is 16.5. The Morgan fingerprint density at radius 2 is 1.79 bits per heavy atom. The number of hydrogen-bond acceptors (Lipinski definition) is 7. The summed E-state index contributed by atoms with van der Waals surface area (Å²) in [5.41, 5.74) is 0. The highest BCUT2D eigenvalue weighted by molar-refractivity contribution is 4.97. The van der Waals surface area contributed by atoms with Crippen molar-refractivity contribution < 1.29 is 14.9 Å². The molecule has 0 amide bonds. The topological polar surface area (TPSA) is 71.4 Å². The zero-order valence-electron chi connectivity index (χ0n) is 15.7. The number of likely N-dealkylation sites (N-methyl/N-ethyl adjacent to an activating group) is 2. The fourth-order valence-electron chi connectivity index (χ4n) is 3.69. The number of likely N-dealkylation sites (tertiary alicyclic amines) is 1. The number of aliphatic hydroxyl groups excluding tert-OH is 2. The van der Waals surface area contributed by atoms with Crippen LogP contribution in [0.15, 0.2) is 0 Å². The molecule has 2 heterocycles. The van der Waals surface area contributed by atoms with Crippen LogP contribution in [0, 0.1) is 0 Å². The minimum atomic E-state index is -0.647. The van der Waals surface area contributed by atoms with E-state index in [1.165, 1.54) is 0 Å². The van der Waals surface area contributed by atoms with Crippen LogP contribution < -0.4 is 5.32 Å². The summed E-state index contributed by atoms with van der Waals surface area (Å²) in [6.45, 7) is 4.62. The Morgan fingerprint density at radius 3 is 2.38 bits per heavy atom. The zero-order valence-corrected chi connectivity index (χ0v) is 15.7. The molecular formula is C17H36N4O3. The molecule has 0 radical (unpaired) electrons. The van der Waals surface area contributed by atoms with Crippen molar-refractivity contribution in [2.45, 2.75) is 43.2 Å². The third-order valence-corrected chi connectivity index (χ3v) is 5.38. The van der Waals surface area contributed by atoms with Gasteiger partial charge in [0.1, 0.15) is 12.2 Å². The van der Waals surface area contributed by atoms with Gasteiger partial charge in [0.25, 0.3) is 0 Å². The Morgan fingerprint density at radius 1 is 1.12 bits per heavy atom. The summed E-state index contributed by atoms with van der Waals surface area (Å²) >= 11 is 0. The largest absolute Gasteiger partial charge is 0.394 e. The summed E-state index contributed by atoms with van der Waals surface area (Å²) in [6, 6.07) is 0.434. The van der Waals surface area contributed by atoms with Crippen molar-refractivity contribution in [3.8, 4) is 0 Å². The van der Waals surface area contributed by atoms with Crippen LogP contribution in [0.3, 0.4) is 0 Å². The molecule has 2 fully saturated rings. The van der Waals surface area contributed by atoms with Gasteiger partial charge in [0.2, 0.25) is 0 Å². The first-order chi connectivity index (χ1) is 11.4. The summed E-state index contributed by atoms with van der Waals surface area (Å²) in [5, 5.41) is 23.6. The van der Waals surface area contributed by atoms with Crippen molar-refractivity contribution in [1.29, 1.82) is 0 Å². The number of piperidine rings is 1. The van der Waals surface area contributed by atoms with Crippen LogP contribution in [0.4, 0.5) is 0 Å². The van der Waals surface area contributed by atoms with Crippen LogP contribution in [-0.2, 0) is 4.74 Å². The van der Waals surface area contributed by atoms with Gasteiger partial charge in [-0.2, -0.15) is 0 Å². The van der Waals surface area contributed by atoms with Gasteiger partial charge in [0.15, 0.2) is 0 Å². The van der Waals surface area contributed by atoms with E-state index >= 15 is 0 Å². The molecule has 142 valence electrons. The molecule has 2 rings (SSSR count). The second kappa shape index (κ2) is 9.43. The SMILES string of the molecule is CN(C)CCN(C)C1C(CNC2CCN(C)CC2)OC(CO)C1O. The van der Waals surface area contributed by atoms with Gasteiger partial charge < -0.3 is 30.1 Å². The van der Waals surface area contributed by atoms with Crippen molar-refractivity contribution in [3.63, 3.8) is 0 Å². The van der Waals surface area contributed by atoms with E-state index in [0.29, 0.717) is 6.04 Å². The molecule has 4 unspecified atom stereocenters. The van der Waals surface area contributed by atoms with Crippen LogP contribution in [0.2, 0.25) is 0 Å². The van der Waals surface area contributed by atoms with E-state index < -0.39 is 12.2 Å². The fraction of sp³-hybridized carbons (Fsp3) is 1.00. The van der Waals surface area contributed by atoms with Gasteiger partial charge in [-0.3, -0.25) is 4.90 Å². The fourth-order valence-corrected chi connectivity index (χ4v) is 3.69. The number of aliphatic hydroxyl groups is 2. The van der Waals surface area contributed by atoms with Gasteiger partial charge in [0, 0.05) is 25.7 Å². The molecule has 0 saturated carbocycles. The smallest absolute Gasteiger partial charge is 0.109 e. The normalized spacial score (nSPS) is 33.0. The Hall–Kier alpha value is -0.280. The van der Waals surface area contributed by atoms with Crippen LogP contribution in [-0.4, -0.2) is 123 Å². The zero-order chi connectivity index (χ0) is 17.7. The third-order valence-electron chi connectivity index (χ3n) is 5.38. The number of hydrogen-bond donors (Lipinski definition) is 3. The molecule has 3 N–H and O–H groups in total. The second-order valence-electron chi connectivity index (χ2n) is 7.65. The van der Waals surface area contributed by atoms with E-state index in [2.05, 4.69) is 27.1 Å². The summed E-state index contributed by atoms with van der Waals surface area (Å²) in [7, 11) is 8.29. The lowest BCUT2D eigenvalue weighted by atomic mass is 10.0. The van der Waals surface area contributed by atoms with Gasteiger partial charge in [-0.1, -0.05) is 0 Å². The predicted molar refractivity (Wildman–Crippen MR) is 95.2 cm³/mol. The maximum Gasteiger partial charge on any atom is 0.109 e. The van der Waals surface area contributed by atoms with E-state index in [9.17, 15) is 10.2 Å². The Kier molecular flexibility index (Phi) is 7.87. The number of nitrogens with one attached hydrogen (secondary N) is 1. The minimum Gasteiger partial charge on any atom is -0.394 e. The first kappa shape index (κ1) is 20.0. The molecule has 0 bridgehead atoms. The maximum atomic E-state index is 10.6. The van der Waals surface area contributed by atoms with Gasteiger partial charge in [-0.25, -0.2) is 0 Å². The van der Waals surface area contributed by atoms with Crippen LogP contribution >= 0.6 is 0 Å². The van der Waals surface area contributed by atoms with E-state index in [1.54, 1.807) is 0 Å². The summed E-state index contributed by atoms with van der Waals surface area (Å²) in [5.74, 6) is 0. The molecule has 0 spiro atoms. The summed E-state index contributed by atoms with van der Waals surface area (Å²) in [4.78, 5) is 6.66. The molecular weight excluding hydrogens is 308 g/mol. The number of nitrogens with zero attached hydrogens (tertiary/aromatic N) is 3. The molecule has 7 nitrogen and oxygen atoms in total. The molecule has 4 atom stereocenters. The lowest BCUT2D eigenvalue weighted by Gasteiger charge is -2.33. The van der Waals surface area contributed by atoms with Gasteiger partial charge in [0.05, 0.1) is 18.8 Å². The standard InChI is InChI=1S/C17H36N4O3/c1-19(2)9-10-21(4)16-14(24-15(12-22)17(16)23)11-18-13-5-7-20(3)8-6-13/h13-18,22-23H,5-12H2,1-4H3. The van der Waals surface area contributed by atoms with Crippen LogP contribution in [0.25, 0.3) is 0 Å². The second-order valence-corrected chi connectivity index (χ2v) is 7.65. The first-order valence-electron chi connectivity index (χ1n) is 9.13. The van der Waals surface area contributed by atoms with Crippen molar-refractivity contribution in [3.05, 3.63) is 0 Å². The van der Waals surface area contributed by atoms with Crippen molar-refractivity contribution in [2.75, 3.05) is 67.5 Å². The molecule has 0 aromatic carbocycles. The number of rotatable bonds is 8. The average Bonchev–Trinajstić information content (AvgIpc) is 2.88. The summed E-state index contributed by atoms with van der Waals surface area (Å²) < 4.78 is 5.95. The van der Waals surface area contributed by atoms with E-state index in [1.807, 2.05) is 21.1 Å². The monoisotopic (exact) mass is 344 g/mol. The Bertz CT molecular complexity index is 364. The highest BCUT2D eigenvalue weighted by Gasteiger charge is 2.45. The lowest BCUT2D eigenvalue weighted by molar-refractivity contribution is -0.0221. The van der Waals surface area contributed by atoms with Crippen molar-refractivity contribution in [2.24, 2.45) is 0 Å². The van der Waals surface area contributed by atoms with E-state index in [0.717, 1.165) is 45.6 Å². The molecule has 24 heavy (non-hydrogen) atoms. The minimum absolute atomic E-state index is 0.0825. The quantitative estimate of drug-likeness (QED) is 0.503. The molecule has 0 aromatic heterocycles. The molecule has 0 aromatic rings. The Balaban J connectivity index is 1.89. The van der Waals surface area contributed by atoms with Gasteiger partial charge >= 0.3 is 0 Å². The molecule has 2 aliphatic rings. The summed E-state index contributed by atoms with van der Waals surface area (Å²) in [6.07, 6.45) is 1.07. The van der Waals surface area contributed by atoms with Crippen LogP contribution in [0.5, 0.6) is 0 Å². The number of ether oxygens (including phenoxy) is 1. The molecule has 7 heteroatoms. The maximum absolute atomic E-state index is 10.6. The predicted octanol–water partition coefficient (Wildman–Crippen LogP) is -1.35. The van der Waals surface area contributed by atoms with Crippen LogP contribution in [0.1, 0.15) is 12.8 Å². The Labute approximate surface area is 146 Å². The van der Waals surface area contributed by atoms with Crippen molar-refractivity contribution in [1.82, 2.24) is 20.0 Å². The molecule has 2 saturated heterocycles. The van der Waals surface area contributed by atoms with Gasteiger partial charge in [-0.15, -0.1) is 0 Å². The van der Waals surface area contributed by atoms with E-state index in [-0.39, 0.29) is 18.8 Å². The first-order valence-corrected chi connectivity index (χ1v) is 9.13. The lowest BCUT2D eigenvalue weighted by Crippen LogP contribution is -2.52. The molecule has 0 aliphatic carbocycles. The average molecular weight is 344 g/mol. The highest BCUT2D eigenvalue weighted by Crippen LogP contribution is 2.25. The van der Waals surface area contributed by atoms with E-state index in [4.69, 9.17) is 4.74 Å². The molecule has 2 aliphatic heterocycles. The third kappa shape index (κ3) is 5.36. The van der Waals surface area contributed by atoms with Crippen molar-refractivity contribution >= 4 is 0 Å².